The maximum absolute atomic E-state index is 13.6. The van der Waals surface area contributed by atoms with Gasteiger partial charge >= 0.3 is 12.4 Å². The Labute approximate surface area is 237 Å². The predicted octanol–water partition coefficient (Wildman–Crippen LogP) is 8.02. The quantitative estimate of drug-likeness (QED) is 0.144. The molecular weight excluding hydrogens is 593 g/mol. The first-order valence-corrected chi connectivity index (χ1v) is 12.4. The van der Waals surface area contributed by atoms with Crippen LogP contribution in [0.25, 0.3) is 22.6 Å². The van der Waals surface area contributed by atoms with E-state index in [-0.39, 0.29) is 50.6 Å². The van der Waals surface area contributed by atoms with Crippen LogP contribution in [0, 0.1) is 12.7 Å². The van der Waals surface area contributed by atoms with E-state index in [4.69, 9.17) is 16.1 Å². The highest BCUT2D eigenvalue weighted by Gasteiger charge is 2.37. The van der Waals surface area contributed by atoms with E-state index in [1.54, 1.807) is 30.3 Å². The van der Waals surface area contributed by atoms with E-state index in [0.717, 1.165) is 16.8 Å². The molecule has 0 aliphatic heterocycles. The van der Waals surface area contributed by atoms with Crippen LogP contribution < -0.4 is 0 Å². The summed E-state index contributed by atoms with van der Waals surface area (Å²) in [4.78, 5) is 13.5. The zero-order valence-corrected chi connectivity index (χ0v) is 21.9. The van der Waals surface area contributed by atoms with Gasteiger partial charge in [0.1, 0.15) is 23.0 Å². The Morgan fingerprint density at radius 3 is 2.14 bits per heavy atom. The maximum atomic E-state index is 13.6. The Bertz CT molecular complexity index is 1760. The molecule has 216 valence electrons. The summed E-state index contributed by atoms with van der Waals surface area (Å²) < 4.78 is 101. The predicted molar refractivity (Wildman–Crippen MR) is 136 cm³/mol. The fourth-order valence-electron chi connectivity index (χ4n) is 4.36. The lowest BCUT2D eigenvalue weighted by Gasteiger charge is -2.15. The van der Waals surface area contributed by atoms with E-state index < -0.39 is 41.6 Å². The molecule has 0 unspecified atom stereocenters. The number of alkyl halides is 6. The summed E-state index contributed by atoms with van der Waals surface area (Å²) in [5.74, 6) is -1.30. The van der Waals surface area contributed by atoms with Gasteiger partial charge in [0.05, 0.1) is 34.0 Å². The summed E-state index contributed by atoms with van der Waals surface area (Å²) in [6.07, 6.45) is -10.1. The first-order chi connectivity index (χ1) is 19.7. The largest absolute Gasteiger partial charge is 0.416 e. The van der Waals surface area contributed by atoms with Crippen LogP contribution in [0.1, 0.15) is 38.4 Å². The highest BCUT2D eigenvalue weighted by molar-refractivity contribution is 6.35. The first kappa shape index (κ1) is 29.0. The van der Waals surface area contributed by atoms with Gasteiger partial charge in [-0.1, -0.05) is 52.3 Å². The van der Waals surface area contributed by atoms with Crippen LogP contribution in [0.4, 0.5) is 30.7 Å². The molecule has 0 aliphatic carbocycles. The van der Waals surface area contributed by atoms with Gasteiger partial charge in [-0.2, -0.15) is 26.3 Å². The molecule has 0 atom stereocenters. The maximum Gasteiger partial charge on any atom is 0.416 e. The Balaban J connectivity index is 1.67. The summed E-state index contributed by atoms with van der Waals surface area (Å²) in [5, 5.41) is 11.9. The number of halogens is 8. The average molecular weight is 609 g/mol. The van der Waals surface area contributed by atoms with E-state index >= 15 is 0 Å². The number of benzene rings is 3. The number of carbonyl (C=O) groups excluding carboxylic acids is 1. The number of hydrogen-bond donors (Lipinski definition) is 0. The van der Waals surface area contributed by atoms with Crippen molar-refractivity contribution in [3.8, 4) is 22.6 Å². The van der Waals surface area contributed by atoms with E-state index in [1.807, 2.05) is 0 Å². The summed E-state index contributed by atoms with van der Waals surface area (Å²) in [6.45, 7) is 0.892. The third-order valence-corrected chi connectivity index (χ3v) is 6.56. The molecule has 0 spiro atoms. The third kappa shape index (κ3) is 5.64. The normalized spacial score (nSPS) is 12.1. The lowest BCUT2D eigenvalue weighted by atomic mass is 9.98. The molecule has 0 saturated heterocycles. The Kier molecular flexibility index (Phi) is 7.39. The molecule has 0 amide bonds. The Morgan fingerprint density at radius 2 is 1.55 bits per heavy atom. The van der Waals surface area contributed by atoms with Crippen molar-refractivity contribution in [2.24, 2.45) is 0 Å². The van der Waals surface area contributed by atoms with Gasteiger partial charge < -0.3 is 4.52 Å². The molecule has 0 bridgehead atoms. The molecule has 5 aromatic rings. The van der Waals surface area contributed by atoms with Crippen molar-refractivity contribution >= 4 is 17.4 Å². The van der Waals surface area contributed by atoms with Crippen LogP contribution >= 0.6 is 11.6 Å². The molecule has 42 heavy (non-hydrogen) atoms. The van der Waals surface area contributed by atoms with Gasteiger partial charge in [-0.25, -0.2) is 9.07 Å². The van der Waals surface area contributed by atoms with Gasteiger partial charge in [-0.05, 0) is 48.9 Å². The molecular formula is C28H16ClF7N4O2. The molecule has 14 heteroatoms. The van der Waals surface area contributed by atoms with Crippen molar-refractivity contribution in [3.05, 3.63) is 111 Å². The molecule has 2 heterocycles. The lowest BCUT2D eigenvalue weighted by Crippen LogP contribution is -2.13. The van der Waals surface area contributed by atoms with Gasteiger partial charge in [-0.3, -0.25) is 4.79 Å². The zero-order valence-electron chi connectivity index (χ0n) is 21.2. The molecule has 2 aromatic heterocycles. The summed E-state index contributed by atoms with van der Waals surface area (Å²) >= 11 is 6.10. The van der Waals surface area contributed by atoms with Crippen LogP contribution in [-0.2, 0) is 18.9 Å². The van der Waals surface area contributed by atoms with Crippen LogP contribution in [0.3, 0.4) is 0 Å². The first-order valence-electron chi connectivity index (χ1n) is 12.0. The summed E-state index contributed by atoms with van der Waals surface area (Å²) in [5.41, 5.74) is -3.07. The van der Waals surface area contributed by atoms with Gasteiger partial charge in [-0.15, -0.1) is 5.10 Å². The monoisotopic (exact) mass is 608 g/mol. The smallest absolute Gasteiger partial charge is 0.360 e. The number of rotatable bonds is 6. The molecule has 0 radical (unpaired) electrons. The van der Waals surface area contributed by atoms with Gasteiger partial charge in [0.2, 0.25) is 0 Å². The second-order valence-corrected chi connectivity index (χ2v) is 9.55. The van der Waals surface area contributed by atoms with Gasteiger partial charge in [0.25, 0.3) is 0 Å². The number of carbonyl (C=O) groups is 1. The Hall–Kier alpha value is -4.52. The van der Waals surface area contributed by atoms with E-state index in [2.05, 4.69) is 15.5 Å². The van der Waals surface area contributed by atoms with Crippen molar-refractivity contribution in [3.63, 3.8) is 0 Å². The summed E-state index contributed by atoms with van der Waals surface area (Å²) in [7, 11) is 0. The zero-order chi connectivity index (χ0) is 30.4. The van der Waals surface area contributed by atoms with Crippen LogP contribution in [0.15, 0.2) is 71.3 Å². The molecule has 0 saturated carbocycles. The minimum Gasteiger partial charge on any atom is -0.360 e. The molecule has 5 rings (SSSR count). The van der Waals surface area contributed by atoms with Gasteiger partial charge in [0.15, 0.2) is 5.78 Å². The second kappa shape index (κ2) is 10.7. The van der Waals surface area contributed by atoms with Crippen molar-refractivity contribution in [1.82, 2.24) is 20.2 Å². The van der Waals surface area contributed by atoms with Crippen molar-refractivity contribution in [2.45, 2.75) is 25.8 Å². The molecule has 0 N–H and O–H groups in total. The number of aryl methyl sites for hydroxylation is 1. The number of ketones is 1. The SMILES string of the molecule is Cc1onc(-c2nnn(Cc3cc(C(F)(F)F)cc(C(F)(F)F)c3)c2-c2ccccc2)c1C(=O)c1ccc(F)cc1Cl. The molecule has 0 fully saturated rings. The fourth-order valence-corrected chi connectivity index (χ4v) is 4.61. The fraction of sp³-hybridized carbons (Fsp3) is 0.143. The Morgan fingerprint density at radius 1 is 0.905 bits per heavy atom. The summed E-state index contributed by atoms with van der Waals surface area (Å²) in [6, 6.07) is 12.6. The van der Waals surface area contributed by atoms with Crippen molar-refractivity contribution in [1.29, 1.82) is 0 Å². The molecule has 0 aliphatic rings. The van der Waals surface area contributed by atoms with Gasteiger partial charge in [0, 0.05) is 11.1 Å². The van der Waals surface area contributed by atoms with Crippen molar-refractivity contribution < 1.29 is 40.1 Å². The van der Waals surface area contributed by atoms with E-state index in [9.17, 15) is 35.5 Å². The highest BCUT2D eigenvalue weighted by atomic mass is 35.5. The lowest BCUT2D eigenvalue weighted by molar-refractivity contribution is -0.143. The van der Waals surface area contributed by atoms with E-state index in [0.29, 0.717) is 17.7 Å². The number of nitrogens with zero attached hydrogens (tertiary/aromatic N) is 4. The number of aromatic nitrogens is 4. The van der Waals surface area contributed by atoms with Crippen LogP contribution in [0.2, 0.25) is 5.02 Å². The molecule has 6 nitrogen and oxygen atoms in total. The topological polar surface area (TPSA) is 73.8 Å². The standard InChI is InChI=1S/C28H16ClF7N4O2/c1-14-22(26(41)20-8-7-19(30)12-21(20)29)23(38-42-14)24-25(16-5-3-2-4-6-16)40(39-37-24)13-15-9-17(27(31,32)33)11-18(10-15)28(34,35)36/h2-12H,13H2,1H3. The average Bonchev–Trinajstić information content (AvgIpc) is 3.50. The minimum absolute atomic E-state index is 0.0328. The second-order valence-electron chi connectivity index (χ2n) is 9.14. The van der Waals surface area contributed by atoms with Crippen LogP contribution in [0.5, 0.6) is 0 Å². The number of hydrogen-bond acceptors (Lipinski definition) is 5. The van der Waals surface area contributed by atoms with Crippen LogP contribution in [-0.4, -0.2) is 25.9 Å². The minimum atomic E-state index is -5.04. The third-order valence-electron chi connectivity index (χ3n) is 6.25. The molecule has 3 aromatic carbocycles. The highest BCUT2D eigenvalue weighted by Crippen LogP contribution is 2.38. The van der Waals surface area contributed by atoms with Crippen molar-refractivity contribution in [2.75, 3.05) is 0 Å². The van der Waals surface area contributed by atoms with E-state index in [1.165, 1.54) is 13.0 Å².